The first-order valence-electron chi connectivity index (χ1n) is 10.3. The van der Waals surface area contributed by atoms with E-state index in [0.29, 0.717) is 18.8 Å². The van der Waals surface area contributed by atoms with E-state index in [1.165, 1.54) is 22.1 Å². The van der Waals surface area contributed by atoms with Crippen molar-refractivity contribution in [3.8, 4) is 0 Å². The topological polar surface area (TPSA) is 79.4 Å². The molecule has 0 atom stereocenters. The summed E-state index contributed by atoms with van der Waals surface area (Å²) in [5, 5.41) is 4.69. The van der Waals surface area contributed by atoms with Gasteiger partial charge in [-0.3, -0.25) is 4.79 Å². The summed E-state index contributed by atoms with van der Waals surface area (Å²) >= 11 is 1.36. The van der Waals surface area contributed by atoms with Gasteiger partial charge in [0.25, 0.3) is 0 Å². The Morgan fingerprint density at radius 3 is 2.65 bits per heavy atom. The summed E-state index contributed by atoms with van der Waals surface area (Å²) < 4.78 is 27.3. The molecule has 0 spiro atoms. The number of nitrogens with zero attached hydrogens (tertiary/aromatic N) is 2. The molecule has 0 saturated carbocycles. The highest BCUT2D eigenvalue weighted by molar-refractivity contribution is 7.99. The number of sulfonamides is 1. The number of carbonyl (C=O) groups excluding carboxylic acids is 1. The number of piperidine rings is 1. The van der Waals surface area contributed by atoms with Gasteiger partial charge in [-0.1, -0.05) is 42.4 Å². The van der Waals surface area contributed by atoms with Crippen LogP contribution in [0.15, 0.2) is 64.5 Å². The van der Waals surface area contributed by atoms with E-state index >= 15 is 0 Å². The van der Waals surface area contributed by atoms with E-state index in [1.807, 2.05) is 37.3 Å². The predicted octanol–water partition coefficient (Wildman–Crippen LogP) is 4.45. The molecule has 1 aliphatic heterocycles. The Morgan fingerprint density at radius 1 is 1.06 bits per heavy atom. The Bertz CT molecular complexity index is 1210. The van der Waals surface area contributed by atoms with E-state index in [0.717, 1.165) is 40.8 Å². The SMILES string of the molecule is Cc1cc(SCC(=O)Nc2cccc(S(=O)(=O)N3CCCCC3)c2)nc2ccccc12. The highest BCUT2D eigenvalue weighted by Crippen LogP contribution is 2.25. The van der Waals surface area contributed by atoms with Crippen LogP contribution in [0.3, 0.4) is 0 Å². The number of aromatic nitrogens is 1. The zero-order valence-corrected chi connectivity index (χ0v) is 19.0. The Labute approximate surface area is 187 Å². The number of thioether (sulfide) groups is 1. The van der Waals surface area contributed by atoms with Gasteiger partial charge >= 0.3 is 0 Å². The van der Waals surface area contributed by atoms with Crippen LogP contribution in [-0.2, 0) is 14.8 Å². The largest absolute Gasteiger partial charge is 0.325 e. The van der Waals surface area contributed by atoms with Gasteiger partial charge in [-0.2, -0.15) is 4.31 Å². The molecule has 1 aliphatic rings. The molecule has 2 heterocycles. The highest BCUT2D eigenvalue weighted by atomic mass is 32.2. The molecule has 8 heteroatoms. The number of para-hydroxylation sites is 1. The van der Waals surface area contributed by atoms with Gasteiger partial charge in [0, 0.05) is 24.2 Å². The van der Waals surface area contributed by atoms with E-state index < -0.39 is 10.0 Å². The molecule has 0 bridgehead atoms. The number of carbonyl (C=O) groups is 1. The fourth-order valence-corrected chi connectivity index (χ4v) is 6.06. The minimum atomic E-state index is -3.53. The lowest BCUT2D eigenvalue weighted by molar-refractivity contribution is -0.113. The average Bonchev–Trinajstić information content (AvgIpc) is 2.78. The second-order valence-electron chi connectivity index (χ2n) is 7.62. The second kappa shape index (κ2) is 9.38. The van der Waals surface area contributed by atoms with E-state index in [9.17, 15) is 13.2 Å². The summed E-state index contributed by atoms with van der Waals surface area (Å²) in [5.74, 6) is -0.0152. The van der Waals surface area contributed by atoms with E-state index in [1.54, 1.807) is 18.2 Å². The number of hydrogen-bond acceptors (Lipinski definition) is 5. The molecule has 0 radical (unpaired) electrons. The zero-order chi connectivity index (χ0) is 21.8. The number of rotatable bonds is 6. The van der Waals surface area contributed by atoms with Gasteiger partial charge in [0.05, 0.1) is 21.2 Å². The number of nitrogens with one attached hydrogen (secondary N) is 1. The fourth-order valence-electron chi connectivity index (χ4n) is 3.72. The van der Waals surface area contributed by atoms with Gasteiger partial charge < -0.3 is 5.32 Å². The summed E-state index contributed by atoms with van der Waals surface area (Å²) in [7, 11) is -3.53. The van der Waals surface area contributed by atoms with Crippen molar-refractivity contribution in [2.45, 2.75) is 36.1 Å². The van der Waals surface area contributed by atoms with Crippen LogP contribution in [-0.4, -0.2) is 42.5 Å². The summed E-state index contributed by atoms with van der Waals surface area (Å²) in [5.41, 5.74) is 2.50. The minimum Gasteiger partial charge on any atom is -0.325 e. The Kier molecular flexibility index (Phi) is 6.60. The highest BCUT2D eigenvalue weighted by Gasteiger charge is 2.26. The van der Waals surface area contributed by atoms with Crippen molar-refractivity contribution < 1.29 is 13.2 Å². The third-order valence-corrected chi connectivity index (χ3v) is 8.13. The van der Waals surface area contributed by atoms with Gasteiger partial charge in [0.2, 0.25) is 15.9 Å². The lowest BCUT2D eigenvalue weighted by Gasteiger charge is -2.26. The maximum absolute atomic E-state index is 12.9. The standard InChI is InChI=1S/C23H25N3O3S2/c1-17-14-23(25-21-11-4-3-10-20(17)21)30-16-22(27)24-18-8-7-9-19(15-18)31(28,29)26-12-5-2-6-13-26/h3-4,7-11,14-15H,2,5-6,12-13,16H2,1H3,(H,24,27). The Hall–Kier alpha value is -2.42. The molecule has 0 unspecified atom stereocenters. The third-order valence-electron chi connectivity index (χ3n) is 5.32. The minimum absolute atomic E-state index is 0.188. The fraction of sp³-hybridized carbons (Fsp3) is 0.304. The van der Waals surface area contributed by atoms with Gasteiger partial charge in [0.1, 0.15) is 0 Å². The predicted molar refractivity (Wildman–Crippen MR) is 125 cm³/mol. The summed E-state index contributed by atoms with van der Waals surface area (Å²) in [4.78, 5) is 17.3. The summed E-state index contributed by atoms with van der Waals surface area (Å²) in [6.07, 6.45) is 2.83. The quantitative estimate of drug-likeness (QED) is 0.556. The lowest BCUT2D eigenvalue weighted by Crippen LogP contribution is -2.35. The third kappa shape index (κ3) is 5.08. The van der Waals surface area contributed by atoms with Crippen molar-refractivity contribution in [1.29, 1.82) is 0 Å². The molecule has 4 rings (SSSR count). The second-order valence-corrected chi connectivity index (χ2v) is 10.6. The first-order chi connectivity index (χ1) is 14.9. The first-order valence-corrected chi connectivity index (χ1v) is 12.8. The van der Waals surface area contributed by atoms with E-state index in [-0.39, 0.29) is 16.6 Å². The van der Waals surface area contributed by atoms with Crippen molar-refractivity contribution >= 4 is 44.3 Å². The molecular weight excluding hydrogens is 430 g/mol. The number of aryl methyl sites for hydroxylation is 1. The van der Waals surface area contributed by atoms with E-state index in [2.05, 4.69) is 10.3 Å². The van der Waals surface area contributed by atoms with Crippen molar-refractivity contribution in [3.63, 3.8) is 0 Å². The van der Waals surface area contributed by atoms with Gasteiger partial charge in [-0.05, 0) is 55.7 Å². The Morgan fingerprint density at radius 2 is 1.84 bits per heavy atom. The molecule has 31 heavy (non-hydrogen) atoms. The molecule has 1 fully saturated rings. The molecular formula is C23H25N3O3S2. The van der Waals surface area contributed by atoms with Crippen LogP contribution < -0.4 is 5.32 Å². The van der Waals surface area contributed by atoms with Crippen molar-refractivity contribution in [2.24, 2.45) is 0 Å². The van der Waals surface area contributed by atoms with Gasteiger partial charge in [-0.15, -0.1) is 0 Å². The monoisotopic (exact) mass is 455 g/mol. The molecule has 162 valence electrons. The zero-order valence-electron chi connectivity index (χ0n) is 17.4. The van der Waals surface area contributed by atoms with Crippen LogP contribution in [0.5, 0.6) is 0 Å². The molecule has 3 aromatic rings. The molecule has 0 aliphatic carbocycles. The maximum Gasteiger partial charge on any atom is 0.243 e. The molecule has 1 aromatic heterocycles. The van der Waals surface area contributed by atoms with Crippen LogP contribution in [0.1, 0.15) is 24.8 Å². The molecule has 1 amide bonds. The van der Waals surface area contributed by atoms with Gasteiger partial charge in [-0.25, -0.2) is 13.4 Å². The summed E-state index contributed by atoms with van der Waals surface area (Å²) in [6.45, 7) is 3.13. The molecule has 6 nitrogen and oxygen atoms in total. The van der Waals surface area contributed by atoms with Crippen molar-refractivity contribution in [1.82, 2.24) is 9.29 Å². The number of hydrogen-bond donors (Lipinski definition) is 1. The molecule has 1 N–H and O–H groups in total. The number of amides is 1. The van der Waals surface area contributed by atoms with Crippen LogP contribution >= 0.6 is 11.8 Å². The molecule has 1 saturated heterocycles. The number of pyridine rings is 1. The average molecular weight is 456 g/mol. The van der Waals surface area contributed by atoms with Gasteiger partial charge in [0.15, 0.2) is 0 Å². The van der Waals surface area contributed by atoms with Crippen LogP contribution in [0.25, 0.3) is 10.9 Å². The van der Waals surface area contributed by atoms with Crippen molar-refractivity contribution in [3.05, 3.63) is 60.2 Å². The number of fused-ring (bicyclic) bond motifs is 1. The maximum atomic E-state index is 12.9. The smallest absolute Gasteiger partial charge is 0.243 e. The van der Waals surface area contributed by atoms with Crippen LogP contribution in [0.4, 0.5) is 5.69 Å². The normalized spacial score (nSPS) is 15.1. The lowest BCUT2D eigenvalue weighted by atomic mass is 10.1. The van der Waals surface area contributed by atoms with E-state index in [4.69, 9.17) is 0 Å². The first kappa shape index (κ1) is 21.8. The number of anilines is 1. The van der Waals surface area contributed by atoms with Crippen molar-refractivity contribution in [2.75, 3.05) is 24.2 Å². The number of benzene rings is 2. The van der Waals surface area contributed by atoms with Crippen LogP contribution in [0, 0.1) is 6.92 Å². The summed E-state index contributed by atoms with van der Waals surface area (Å²) in [6, 6.07) is 16.4. The molecule has 2 aromatic carbocycles. The Balaban J connectivity index is 1.42. The van der Waals surface area contributed by atoms with Crippen LogP contribution in [0.2, 0.25) is 0 Å².